The highest BCUT2D eigenvalue weighted by Gasteiger charge is 2.10. The Balaban J connectivity index is 2.80. The molecule has 0 aliphatic carbocycles. The van der Waals surface area contributed by atoms with Gasteiger partial charge in [0, 0.05) is 17.9 Å². The van der Waals surface area contributed by atoms with Crippen LogP contribution < -0.4 is 9.47 Å². The highest BCUT2D eigenvalue weighted by molar-refractivity contribution is 6.17. The van der Waals surface area contributed by atoms with E-state index in [1.54, 1.807) is 18.2 Å². The highest BCUT2D eigenvalue weighted by atomic mass is 35.5. The van der Waals surface area contributed by atoms with Crippen LogP contribution in [0, 0.1) is 0 Å². The maximum Gasteiger partial charge on any atom is 0.311 e. The molecule has 0 N–H and O–H groups in total. The van der Waals surface area contributed by atoms with Gasteiger partial charge in [0.25, 0.3) is 0 Å². The zero-order valence-corrected chi connectivity index (χ0v) is 10.9. The van der Waals surface area contributed by atoms with E-state index in [0.717, 1.165) is 0 Å². The number of hydrogen-bond acceptors (Lipinski definition) is 4. The van der Waals surface area contributed by atoms with Crippen LogP contribution in [0.15, 0.2) is 18.2 Å². The molecule has 0 amide bonds. The van der Waals surface area contributed by atoms with Gasteiger partial charge in [0.2, 0.25) is 0 Å². The SMILES string of the molecule is CCOc1cc(C=O)ccc1OC(=O)CCCCl. The molecule has 18 heavy (non-hydrogen) atoms. The summed E-state index contributed by atoms with van der Waals surface area (Å²) in [7, 11) is 0. The summed E-state index contributed by atoms with van der Waals surface area (Å²) < 4.78 is 10.5. The zero-order chi connectivity index (χ0) is 13.4. The molecule has 5 heteroatoms. The second-order valence-electron chi connectivity index (χ2n) is 3.52. The van der Waals surface area contributed by atoms with Gasteiger partial charge in [0.05, 0.1) is 6.61 Å². The Morgan fingerprint density at radius 3 is 2.78 bits per heavy atom. The van der Waals surface area contributed by atoms with E-state index in [1.165, 1.54) is 0 Å². The number of carbonyl (C=O) groups is 2. The smallest absolute Gasteiger partial charge is 0.311 e. The van der Waals surface area contributed by atoms with Crippen molar-refractivity contribution >= 4 is 23.9 Å². The Labute approximate surface area is 111 Å². The summed E-state index contributed by atoms with van der Waals surface area (Å²) in [5.41, 5.74) is 0.471. The van der Waals surface area contributed by atoms with Crippen LogP contribution in [0.2, 0.25) is 0 Å². The molecule has 0 aliphatic heterocycles. The number of halogens is 1. The molecule has 0 fully saturated rings. The standard InChI is InChI=1S/C13H15ClO4/c1-2-17-12-8-10(9-15)5-6-11(12)18-13(16)4-3-7-14/h5-6,8-9H,2-4,7H2,1H3. The van der Waals surface area contributed by atoms with Crippen molar-refractivity contribution in [2.75, 3.05) is 12.5 Å². The number of rotatable bonds is 7. The van der Waals surface area contributed by atoms with Gasteiger partial charge in [-0.25, -0.2) is 0 Å². The van der Waals surface area contributed by atoms with Gasteiger partial charge in [-0.3, -0.25) is 9.59 Å². The third-order valence-electron chi connectivity index (χ3n) is 2.14. The topological polar surface area (TPSA) is 52.6 Å². The van der Waals surface area contributed by atoms with Crippen LogP contribution in [0.4, 0.5) is 0 Å². The van der Waals surface area contributed by atoms with Crippen molar-refractivity contribution in [2.45, 2.75) is 19.8 Å². The van der Waals surface area contributed by atoms with Gasteiger partial charge in [-0.1, -0.05) is 0 Å². The second kappa shape index (κ2) is 7.71. The van der Waals surface area contributed by atoms with Crippen molar-refractivity contribution < 1.29 is 19.1 Å². The van der Waals surface area contributed by atoms with Crippen molar-refractivity contribution in [1.82, 2.24) is 0 Å². The lowest BCUT2D eigenvalue weighted by Crippen LogP contribution is -2.09. The van der Waals surface area contributed by atoms with Crippen molar-refractivity contribution in [3.05, 3.63) is 23.8 Å². The van der Waals surface area contributed by atoms with Crippen molar-refractivity contribution in [2.24, 2.45) is 0 Å². The summed E-state index contributed by atoms with van der Waals surface area (Å²) >= 11 is 5.50. The second-order valence-corrected chi connectivity index (χ2v) is 3.90. The first-order valence-electron chi connectivity index (χ1n) is 5.70. The van der Waals surface area contributed by atoms with E-state index in [9.17, 15) is 9.59 Å². The van der Waals surface area contributed by atoms with Crippen molar-refractivity contribution in [3.8, 4) is 11.5 Å². The van der Waals surface area contributed by atoms with Gasteiger partial charge in [-0.05, 0) is 31.5 Å². The van der Waals surface area contributed by atoms with E-state index in [2.05, 4.69) is 0 Å². The van der Waals surface area contributed by atoms with Gasteiger partial charge in [0.15, 0.2) is 11.5 Å². The summed E-state index contributed by atoms with van der Waals surface area (Å²) in [5.74, 6) is 0.760. The Hall–Kier alpha value is -1.55. The summed E-state index contributed by atoms with van der Waals surface area (Å²) in [6.07, 6.45) is 1.53. The Kier molecular flexibility index (Phi) is 6.22. The number of alkyl halides is 1. The maximum atomic E-state index is 11.5. The van der Waals surface area contributed by atoms with E-state index in [1.807, 2.05) is 6.92 Å². The van der Waals surface area contributed by atoms with Gasteiger partial charge in [0.1, 0.15) is 6.29 Å². The third kappa shape index (κ3) is 4.37. The van der Waals surface area contributed by atoms with Crippen LogP contribution in [0.25, 0.3) is 0 Å². The number of benzene rings is 1. The van der Waals surface area contributed by atoms with Crippen LogP contribution in [-0.4, -0.2) is 24.7 Å². The van der Waals surface area contributed by atoms with E-state index >= 15 is 0 Å². The number of esters is 1. The summed E-state index contributed by atoms with van der Waals surface area (Å²) in [6.45, 7) is 2.24. The molecule has 0 saturated carbocycles. The van der Waals surface area contributed by atoms with Crippen LogP contribution in [-0.2, 0) is 4.79 Å². The predicted octanol–water partition coefficient (Wildman–Crippen LogP) is 2.82. The molecule has 1 rings (SSSR count). The fraction of sp³-hybridized carbons (Fsp3) is 0.385. The normalized spacial score (nSPS) is 9.89. The number of ether oxygens (including phenoxy) is 2. The average molecular weight is 271 g/mol. The summed E-state index contributed by atoms with van der Waals surface area (Å²) in [4.78, 5) is 22.1. The molecule has 0 unspecified atom stereocenters. The molecule has 0 spiro atoms. The molecule has 0 atom stereocenters. The lowest BCUT2D eigenvalue weighted by molar-refractivity contribution is -0.134. The molecule has 0 aromatic heterocycles. The average Bonchev–Trinajstić information content (AvgIpc) is 2.38. The van der Waals surface area contributed by atoms with Gasteiger partial charge >= 0.3 is 5.97 Å². The van der Waals surface area contributed by atoms with E-state index in [-0.39, 0.29) is 12.4 Å². The fourth-order valence-corrected chi connectivity index (χ4v) is 1.47. The molecular formula is C13H15ClO4. The maximum absolute atomic E-state index is 11.5. The van der Waals surface area contributed by atoms with Crippen molar-refractivity contribution in [1.29, 1.82) is 0 Å². The van der Waals surface area contributed by atoms with Gasteiger partial charge in [-0.15, -0.1) is 11.6 Å². The molecule has 0 aliphatic rings. The minimum Gasteiger partial charge on any atom is -0.490 e. The largest absolute Gasteiger partial charge is 0.490 e. The summed E-state index contributed by atoms with van der Waals surface area (Å²) in [5, 5.41) is 0. The quantitative estimate of drug-likeness (QED) is 0.331. The van der Waals surface area contributed by atoms with Crippen LogP contribution in [0.5, 0.6) is 11.5 Å². The number of aldehydes is 1. The molecule has 1 aromatic carbocycles. The zero-order valence-electron chi connectivity index (χ0n) is 10.1. The Morgan fingerprint density at radius 1 is 1.39 bits per heavy atom. The fourth-order valence-electron chi connectivity index (χ4n) is 1.34. The molecule has 0 heterocycles. The first kappa shape index (κ1) is 14.5. The molecule has 98 valence electrons. The highest BCUT2D eigenvalue weighted by Crippen LogP contribution is 2.28. The lowest BCUT2D eigenvalue weighted by Gasteiger charge is -2.10. The van der Waals surface area contributed by atoms with E-state index in [0.29, 0.717) is 42.3 Å². The molecule has 1 aromatic rings. The third-order valence-corrected chi connectivity index (χ3v) is 2.41. The van der Waals surface area contributed by atoms with Crippen molar-refractivity contribution in [3.63, 3.8) is 0 Å². The summed E-state index contributed by atoms with van der Waals surface area (Å²) in [6, 6.07) is 4.66. The molecule has 0 bridgehead atoms. The molecular weight excluding hydrogens is 256 g/mol. The van der Waals surface area contributed by atoms with E-state index < -0.39 is 0 Å². The molecule has 0 radical (unpaired) electrons. The monoisotopic (exact) mass is 270 g/mol. The molecule has 0 saturated heterocycles. The Bertz CT molecular complexity index is 417. The lowest BCUT2D eigenvalue weighted by atomic mass is 10.2. The van der Waals surface area contributed by atoms with Gasteiger partial charge in [-0.2, -0.15) is 0 Å². The van der Waals surface area contributed by atoms with Gasteiger partial charge < -0.3 is 9.47 Å². The predicted molar refractivity (Wildman–Crippen MR) is 68.6 cm³/mol. The minimum atomic E-state index is -0.365. The Morgan fingerprint density at radius 2 is 2.17 bits per heavy atom. The van der Waals surface area contributed by atoms with E-state index in [4.69, 9.17) is 21.1 Å². The number of hydrogen-bond donors (Lipinski definition) is 0. The van der Waals surface area contributed by atoms with Crippen LogP contribution in [0.1, 0.15) is 30.1 Å². The van der Waals surface area contributed by atoms with Crippen LogP contribution >= 0.6 is 11.6 Å². The first-order chi connectivity index (χ1) is 8.71. The minimum absolute atomic E-state index is 0.254. The molecule has 4 nitrogen and oxygen atoms in total. The number of carbonyl (C=O) groups excluding carboxylic acids is 2. The van der Waals surface area contributed by atoms with Crippen LogP contribution in [0.3, 0.4) is 0 Å². The first-order valence-corrected chi connectivity index (χ1v) is 6.23.